The maximum absolute atomic E-state index is 6.23. The average molecular weight is 297 g/mol. The van der Waals surface area contributed by atoms with Gasteiger partial charge in [-0.3, -0.25) is 0 Å². The van der Waals surface area contributed by atoms with Crippen LogP contribution in [0.3, 0.4) is 0 Å². The van der Waals surface area contributed by atoms with Gasteiger partial charge in [0.25, 0.3) is 0 Å². The van der Waals surface area contributed by atoms with Crippen LogP contribution in [0.5, 0.6) is 11.5 Å². The number of nitrogens with zero attached hydrogens (tertiary/aromatic N) is 1. The van der Waals surface area contributed by atoms with Crippen molar-refractivity contribution < 1.29 is 4.74 Å². The molecular weight excluding hydrogens is 283 g/mol. The predicted octanol–water partition coefficient (Wildman–Crippen LogP) is 4.43. The number of halogens is 2. The van der Waals surface area contributed by atoms with Crippen LogP contribution in [0.25, 0.3) is 0 Å². The third kappa shape index (κ3) is 2.88. The number of ether oxygens (including phenoxy) is 1. The van der Waals surface area contributed by atoms with Gasteiger partial charge in [0.15, 0.2) is 5.75 Å². The zero-order valence-corrected chi connectivity index (χ0v) is 12.2. The van der Waals surface area contributed by atoms with Crippen LogP contribution < -0.4 is 15.4 Å². The summed E-state index contributed by atoms with van der Waals surface area (Å²) in [5.41, 5.74) is 6.92. The van der Waals surface area contributed by atoms with Crippen molar-refractivity contribution in [2.24, 2.45) is 0 Å². The highest BCUT2D eigenvalue weighted by Gasteiger charge is 2.18. The number of nitrogen functional groups attached to an aromatic ring is 1. The van der Waals surface area contributed by atoms with Gasteiger partial charge in [0.2, 0.25) is 0 Å². The zero-order valence-electron chi connectivity index (χ0n) is 10.7. The maximum Gasteiger partial charge on any atom is 0.172 e. The highest BCUT2D eigenvalue weighted by Crippen LogP contribution is 2.45. The molecule has 2 N–H and O–H groups in total. The van der Waals surface area contributed by atoms with Crippen LogP contribution in [0.15, 0.2) is 36.4 Å². The Morgan fingerprint density at radius 2 is 1.74 bits per heavy atom. The largest absolute Gasteiger partial charge is 0.453 e. The molecule has 0 bridgehead atoms. The molecule has 0 atom stereocenters. The summed E-state index contributed by atoms with van der Waals surface area (Å²) in [5.74, 6) is 1.14. The van der Waals surface area contributed by atoms with E-state index < -0.39 is 0 Å². The molecule has 0 aliphatic heterocycles. The topological polar surface area (TPSA) is 38.5 Å². The van der Waals surface area contributed by atoms with Crippen molar-refractivity contribution in [2.45, 2.75) is 0 Å². The minimum Gasteiger partial charge on any atom is -0.453 e. The van der Waals surface area contributed by atoms with Crippen molar-refractivity contribution in [1.82, 2.24) is 0 Å². The minimum absolute atomic E-state index is 0.358. The first-order valence-corrected chi connectivity index (χ1v) is 6.44. The summed E-state index contributed by atoms with van der Waals surface area (Å²) >= 11 is 12.4. The van der Waals surface area contributed by atoms with E-state index in [1.807, 2.05) is 49.3 Å². The van der Waals surface area contributed by atoms with E-state index in [0.717, 1.165) is 0 Å². The van der Waals surface area contributed by atoms with Crippen molar-refractivity contribution in [3.8, 4) is 11.5 Å². The first-order chi connectivity index (χ1) is 9.00. The van der Waals surface area contributed by atoms with Gasteiger partial charge in [-0.05, 0) is 18.2 Å². The Balaban J connectivity index is 2.54. The average Bonchev–Trinajstić information content (AvgIpc) is 2.36. The van der Waals surface area contributed by atoms with Crippen molar-refractivity contribution in [1.29, 1.82) is 0 Å². The van der Waals surface area contributed by atoms with Gasteiger partial charge in [0.1, 0.15) is 16.5 Å². The number of anilines is 2. The highest BCUT2D eigenvalue weighted by atomic mass is 35.5. The molecule has 0 spiro atoms. The van der Waals surface area contributed by atoms with E-state index in [9.17, 15) is 0 Å². The first kappa shape index (κ1) is 13.8. The number of hydrogen-bond donors (Lipinski definition) is 1. The molecule has 5 heteroatoms. The lowest BCUT2D eigenvalue weighted by atomic mass is 10.2. The number of nitrogens with two attached hydrogens (primary N) is 1. The molecule has 0 saturated carbocycles. The van der Waals surface area contributed by atoms with Gasteiger partial charge in [0.05, 0.1) is 10.7 Å². The van der Waals surface area contributed by atoms with Gasteiger partial charge in [-0.2, -0.15) is 0 Å². The summed E-state index contributed by atoms with van der Waals surface area (Å²) in [7, 11) is 3.73. The molecule has 0 unspecified atom stereocenters. The second kappa shape index (κ2) is 5.59. The van der Waals surface area contributed by atoms with Crippen molar-refractivity contribution in [2.75, 3.05) is 24.7 Å². The normalized spacial score (nSPS) is 10.3. The number of benzene rings is 2. The van der Waals surface area contributed by atoms with Gasteiger partial charge in [-0.1, -0.05) is 41.4 Å². The molecule has 0 fully saturated rings. The molecule has 0 amide bonds. The van der Waals surface area contributed by atoms with Crippen LogP contribution in [0.4, 0.5) is 11.4 Å². The fraction of sp³-hybridized carbons (Fsp3) is 0.143. The quantitative estimate of drug-likeness (QED) is 0.851. The Labute approximate surface area is 122 Å². The van der Waals surface area contributed by atoms with Gasteiger partial charge in [0, 0.05) is 14.1 Å². The molecule has 2 rings (SSSR count). The van der Waals surface area contributed by atoms with Crippen molar-refractivity contribution >= 4 is 34.6 Å². The molecule has 100 valence electrons. The molecule has 3 nitrogen and oxygen atoms in total. The fourth-order valence-electron chi connectivity index (χ4n) is 1.73. The Kier molecular flexibility index (Phi) is 4.08. The lowest BCUT2D eigenvalue weighted by molar-refractivity contribution is 0.483. The molecule has 0 saturated heterocycles. The van der Waals surface area contributed by atoms with Crippen LogP contribution in [0.2, 0.25) is 10.0 Å². The summed E-state index contributed by atoms with van der Waals surface area (Å²) in [6.45, 7) is 0. The van der Waals surface area contributed by atoms with Crippen LogP contribution in [-0.2, 0) is 0 Å². The number of hydrogen-bond acceptors (Lipinski definition) is 3. The molecular formula is C14H14Cl2N2O. The Bertz CT molecular complexity index is 586. The number of rotatable bonds is 3. The Hall–Kier alpha value is -1.58. The van der Waals surface area contributed by atoms with Gasteiger partial charge in [-0.15, -0.1) is 0 Å². The third-order valence-corrected chi connectivity index (χ3v) is 3.26. The molecule has 0 aliphatic carbocycles. The van der Waals surface area contributed by atoms with E-state index in [4.69, 9.17) is 33.7 Å². The molecule has 2 aromatic rings. The summed E-state index contributed by atoms with van der Waals surface area (Å²) in [6, 6.07) is 11.0. The lowest BCUT2D eigenvalue weighted by Crippen LogP contribution is -2.11. The van der Waals surface area contributed by atoms with Crippen molar-refractivity contribution in [3.05, 3.63) is 46.4 Å². The lowest BCUT2D eigenvalue weighted by Gasteiger charge is -2.21. The second-order valence-electron chi connectivity index (χ2n) is 4.25. The predicted molar refractivity (Wildman–Crippen MR) is 81.7 cm³/mol. The molecule has 0 aromatic heterocycles. The second-order valence-corrected chi connectivity index (χ2v) is 5.03. The summed E-state index contributed by atoms with van der Waals surface area (Å²) in [6.07, 6.45) is 0. The molecule has 0 aliphatic rings. The van der Waals surface area contributed by atoms with E-state index in [0.29, 0.717) is 32.9 Å². The van der Waals surface area contributed by atoms with Crippen LogP contribution in [-0.4, -0.2) is 14.1 Å². The molecule has 2 aromatic carbocycles. The standard InChI is InChI=1S/C14H14Cl2N2O/c1-18(2)13-10(15)8-11(17)12(16)14(13)19-9-6-4-3-5-7-9/h3-8H,17H2,1-2H3. The van der Waals surface area contributed by atoms with E-state index in [1.54, 1.807) is 6.07 Å². The zero-order chi connectivity index (χ0) is 14.0. The highest BCUT2D eigenvalue weighted by molar-refractivity contribution is 6.38. The smallest absolute Gasteiger partial charge is 0.172 e. The Morgan fingerprint density at radius 1 is 1.11 bits per heavy atom. The van der Waals surface area contributed by atoms with E-state index in [-0.39, 0.29) is 0 Å². The van der Waals surface area contributed by atoms with Crippen LogP contribution in [0, 0.1) is 0 Å². The first-order valence-electron chi connectivity index (χ1n) is 5.68. The number of para-hydroxylation sites is 1. The fourth-order valence-corrected chi connectivity index (χ4v) is 2.28. The molecule has 0 heterocycles. The summed E-state index contributed by atoms with van der Waals surface area (Å²) in [5, 5.41) is 0.856. The van der Waals surface area contributed by atoms with E-state index >= 15 is 0 Å². The summed E-state index contributed by atoms with van der Waals surface area (Å²) in [4.78, 5) is 1.84. The van der Waals surface area contributed by atoms with E-state index in [2.05, 4.69) is 0 Å². The molecule has 0 radical (unpaired) electrons. The van der Waals surface area contributed by atoms with Gasteiger partial charge >= 0.3 is 0 Å². The third-order valence-electron chi connectivity index (χ3n) is 2.59. The maximum atomic E-state index is 6.23. The summed E-state index contributed by atoms with van der Waals surface area (Å²) < 4.78 is 5.83. The van der Waals surface area contributed by atoms with Crippen molar-refractivity contribution in [3.63, 3.8) is 0 Å². The monoisotopic (exact) mass is 296 g/mol. The SMILES string of the molecule is CN(C)c1c(Cl)cc(N)c(Cl)c1Oc1ccccc1. The van der Waals surface area contributed by atoms with Gasteiger partial charge in [-0.25, -0.2) is 0 Å². The minimum atomic E-state index is 0.358. The van der Waals surface area contributed by atoms with Gasteiger partial charge < -0.3 is 15.4 Å². The van der Waals surface area contributed by atoms with Crippen LogP contribution >= 0.6 is 23.2 Å². The molecule has 19 heavy (non-hydrogen) atoms. The van der Waals surface area contributed by atoms with E-state index in [1.165, 1.54) is 0 Å². The van der Waals surface area contributed by atoms with Crippen LogP contribution in [0.1, 0.15) is 0 Å². The Morgan fingerprint density at radius 3 is 2.32 bits per heavy atom.